The number of ether oxygens (including phenoxy) is 1. The van der Waals surface area contributed by atoms with Gasteiger partial charge >= 0.3 is 0 Å². The maximum absolute atomic E-state index is 11.9. The number of carbonyl (C=O) groups excluding carboxylic acids is 1. The third kappa shape index (κ3) is 3.85. The molecule has 104 valence electrons. The zero-order chi connectivity index (χ0) is 13.7. The summed E-state index contributed by atoms with van der Waals surface area (Å²) in [6.45, 7) is 1.40. The van der Waals surface area contributed by atoms with Crippen molar-refractivity contribution in [3.8, 4) is 5.75 Å². The van der Waals surface area contributed by atoms with E-state index in [1.54, 1.807) is 6.07 Å². The number of hydrogen-bond acceptors (Lipinski definition) is 3. The van der Waals surface area contributed by atoms with Gasteiger partial charge in [-0.2, -0.15) is 0 Å². The quantitative estimate of drug-likeness (QED) is 0.889. The molecule has 1 aromatic rings. The molecule has 1 amide bonds. The predicted molar refractivity (Wildman–Crippen MR) is 75.5 cm³/mol. The lowest BCUT2D eigenvalue weighted by atomic mass is 10.1. The minimum Gasteiger partial charge on any atom is -0.480 e. The Balaban J connectivity index is 2.14. The molecule has 1 fully saturated rings. The monoisotopic (exact) mass is 282 g/mol. The second kappa shape index (κ2) is 6.78. The summed E-state index contributed by atoms with van der Waals surface area (Å²) >= 11 is 5.99. The number of carbonyl (C=O) groups is 1. The predicted octanol–water partition coefficient (Wildman–Crippen LogP) is 2.11. The Morgan fingerprint density at radius 3 is 3.11 bits per heavy atom. The van der Waals surface area contributed by atoms with Crippen LogP contribution in [0, 0.1) is 0 Å². The van der Waals surface area contributed by atoms with Gasteiger partial charge < -0.3 is 15.4 Å². The average molecular weight is 283 g/mol. The molecule has 1 atom stereocenters. The third-order valence-corrected chi connectivity index (χ3v) is 3.38. The van der Waals surface area contributed by atoms with E-state index in [9.17, 15) is 4.79 Å². The molecule has 0 aromatic heterocycles. The van der Waals surface area contributed by atoms with Crippen LogP contribution in [-0.2, 0) is 11.3 Å². The Morgan fingerprint density at radius 2 is 2.32 bits per heavy atom. The lowest BCUT2D eigenvalue weighted by molar-refractivity contribution is -0.127. The second-order valence-electron chi connectivity index (χ2n) is 4.68. The van der Waals surface area contributed by atoms with Gasteiger partial charge in [-0.05, 0) is 44.5 Å². The van der Waals surface area contributed by atoms with Gasteiger partial charge in [0, 0.05) is 23.7 Å². The van der Waals surface area contributed by atoms with Gasteiger partial charge in [-0.15, -0.1) is 0 Å². The van der Waals surface area contributed by atoms with Gasteiger partial charge in [0.25, 0.3) is 5.91 Å². The van der Waals surface area contributed by atoms with Gasteiger partial charge in [0.1, 0.15) is 5.75 Å². The Labute approximate surface area is 118 Å². The lowest BCUT2D eigenvalue weighted by Gasteiger charge is -2.18. The lowest BCUT2D eigenvalue weighted by Crippen LogP contribution is -2.36. The van der Waals surface area contributed by atoms with E-state index < -0.39 is 6.10 Å². The highest BCUT2D eigenvalue weighted by molar-refractivity contribution is 6.30. The average Bonchev–Trinajstić information content (AvgIpc) is 2.58. The second-order valence-corrected chi connectivity index (χ2v) is 5.11. The summed E-state index contributed by atoms with van der Waals surface area (Å²) in [5.74, 6) is 0.698. The van der Waals surface area contributed by atoms with E-state index in [4.69, 9.17) is 16.3 Å². The molecule has 0 bridgehead atoms. The fraction of sp³-hybridized carbons (Fsp3) is 0.500. The van der Waals surface area contributed by atoms with Crippen molar-refractivity contribution in [3.63, 3.8) is 0 Å². The molecule has 1 unspecified atom stereocenters. The van der Waals surface area contributed by atoms with Gasteiger partial charge in [0.2, 0.25) is 0 Å². The normalized spacial score (nSPS) is 19.7. The Kier molecular flexibility index (Phi) is 5.05. The molecule has 0 saturated carbocycles. The standard InChI is InChI=1S/C14H19ClN2O2/c1-16-9-10-8-11(15)5-6-12(10)19-13-4-2-3-7-17-14(13)18/h5-6,8,13,16H,2-4,7,9H2,1H3,(H,17,18). The van der Waals surface area contributed by atoms with Crippen molar-refractivity contribution < 1.29 is 9.53 Å². The highest BCUT2D eigenvalue weighted by Gasteiger charge is 2.23. The minimum atomic E-state index is -0.403. The summed E-state index contributed by atoms with van der Waals surface area (Å²) in [4.78, 5) is 11.9. The Bertz CT molecular complexity index is 451. The summed E-state index contributed by atoms with van der Waals surface area (Å²) < 4.78 is 5.88. The van der Waals surface area contributed by atoms with E-state index >= 15 is 0 Å². The first-order valence-electron chi connectivity index (χ1n) is 6.58. The van der Waals surface area contributed by atoms with Crippen molar-refractivity contribution in [3.05, 3.63) is 28.8 Å². The summed E-state index contributed by atoms with van der Waals surface area (Å²) in [7, 11) is 1.86. The van der Waals surface area contributed by atoms with Crippen LogP contribution in [-0.4, -0.2) is 25.6 Å². The van der Waals surface area contributed by atoms with Gasteiger partial charge in [0.05, 0.1) is 0 Å². The molecule has 0 aliphatic carbocycles. The molecular formula is C14H19ClN2O2. The molecule has 1 aliphatic rings. The maximum atomic E-state index is 11.9. The van der Waals surface area contributed by atoms with Crippen LogP contribution >= 0.6 is 11.6 Å². The summed E-state index contributed by atoms with van der Waals surface area (Å²) in [5, 5.41) is 6.61. The molecule has 0 radical (unpaired) electrons. The Morgan fingerprint density at radius 1 is 1.47 bits per heavy atom. The van der Waals surface area contributed by atoms with E-state index in [1.807, 2.05) is 19.2 Å². The van der Waals surface area contributed by atoms with E-state index in [-0.39, 0.29) is 5.91 Å². The van der Waals surface area contributed by atoms with Crippen LogP contribution in [0.15, 0.2) is 18.2 Å². The van der Waals surface area contributed by atoms with Crippen molar-refractivity contribution >= 4 is 17.5 Å². The molecular weight excluding hydrogens is 264 g/mol. The number of rotatable bonds is 4. The number of amides is 1. The van der Waals surface area contributed by atoms with Crippen molar-refractivity contribution in [1.82, 2.24) is 10.6 Å². The fourth-order valence-corrected chi connectivity index (χ4v) is 2.36. The van der Waals surface area contributed by atoms with Crippen LogP contribution in [0.2, 0.25) is 5.02 Å². The maximum Gasteiger partial charge on any atom is 0.261 e. The number of benzene rings is 1. The smallest absolute Gasteiger partial charge is 0.261 e. The highest BCUT2D eigenvalue weighted by Crippen LogP contribution is 2.25. The van der Waals surface area contributed by atoms with E-state index in [1.165, 1.54) is 0 Å². The first-order valence-corrected chi connectivity index (χ1v) is 6.96. The van der Waals surface area contributed by atoms with Crippen molar-refractivity contribution in [2.75, 3.05) is 13.6 Å². The summed E-state index contributed by atoms with van der Waals surface area (Å²) in [5.41, 5.74) is 0.965. The topological polar surface area (TPSA) is 50.4 Å². The van der Waals surface area contributed by atoms with Crippen LogP contribution in [0.4, 0.5) is 0 Å². The van der Waals surface area contributed by atoms with Crippen molar-refractivity contribution in [2.45, 2.75) is 31.9 Å². The van der Waals surface area contributed by atoms with Crippen LogP contribution in [0.1, 0.15) is 24.8 Å². The SMILES string of the molecule is CNCc1cc(Cl)ccc1OC1CCCCNC1=O. The summed E-state index contributed by atoms with van der Waals surface area (Å²) in [6, 6.07) is 5.47. The number of halogens is 1. The molecule has 0 spiro atoms. The third-order valence-electron chi connectivity index (χ3n) is 3.14. The molecule has 1 aliphatic heterocycles. The molecule has 2 rings (SSSR count). The van der Waals surface area contributed by atoms with Gasteiger partial charge in [-0.1, -0.05) is 11.6 Å². The highest BCUT2D eigenvalue weighted by atomic mass is 35.5. The van der Waals surface area contributed by atoms with Gasteiger partial charge in [-0.25, -0.2) is 0 Å². The van der Waals surface area contributed by atoms with E-state index in [0.29, 0.717) is 11.6 Å². The van der Waals surface area contributed by atoms with Crippen LogP contribution in [0.3, 0.4) is 0 Å². The summed E-state index contributed by atoms with van der Waals surface area (Å²) in [6.07, 6.45) is 2.36. The molecule has 2 N–H and O–H groups in total. The van der Waals surface area contributed by atoms with E-state index in [0.717, 1.165) is 37.1 Å². The van der Waals surface area contributed by atoms with Crippen LogP contribution in [0.5, 0.6) is 5.75 Å². The molecule has 1 aromatic carbocycles. The Hall–Kier alpha value is -1.26. The molecule has 1 saturated heterocycles. The van der Waals surface area contributed by atoms with Crippen molar-refractivity contribution in [2.24, 2.45) is 0 Å². The van der Waals surface area contributed by atoms with Crippen LogP contribution < -0.4 is 15.4 Å². The van der Waals surface area contributed by atoms with Gasteiger partial charge in [0.15, 0.2) is 6.10 Å². The van der Waals surface area contributed by atoms with Gasteiger partial charge in [-0.3, -0.25) is 4.79 Å². The molecule has 19 heavy (non-hydrogen) atoms. The van der Waals surface area contributed by atoms with Crippen molar-refractivity contribution in [1.29, 1.82) is 0 Å². The first-order chi connectivity index (χ1) is 9.20. The largest absolute Gasteiger partial charge is 0.480 e. The first kappa shape index (κ1) is 14.2. The molecule has 1 heterocycles. The molecule has 4 nitrogen and oxygen atoms in total. The zero-order valence-electron chi connectivity index (χ0n) is 11.0. The fourth-order valence-electron chi connectivity index (χ4n) is 2.17. The van der Waals surface area contributed by atoms with E-state index in [2.05, 4.69) is 10.6 Å². The van der Waals surface area contributed by atoms with Crippen LogP contribution in [0.25, 0.3) is 0 Å². The molecule has 5 heteroatoms. The zero-order valence-corrected chi connectivity index (χ0v) is 11.8. The minimum absolute atomic E-state index is 0.0251. The number of nitrogens with one attached hydrogen (secondary N) is 2. The number of hydrogen-bond donors (Lipinski definition) is 2.